The lowest BCUT2D eigenvalue weighted by molar-refractivity contribution is -0.137. The molecule has 0 aromatic heterocycles. The minimum atomic E-state index is -4.57. The van der Waals surface area contributed by atoms with Gasteiger partial charge in [0.05, 0.1) is 11.3 Å². The van der Waals surface area contributed by atoms with Crippen LogP contribution in [0.2, 0.25) is 0 Å². The number of hydrogen-bond donors (Lipinski definition) is 0. The Morgan fingerprint density at radius 3 is 2.26 bits per heavy atom. The number of benzene rings is 2. The van der Waals surface area contributed by atoms with E-state index in [1.165, 1.54) is 19.1 Å². The normalized spacial score (nSPS) is 18.9. The number of thiocarbonyl (C=S) groups is 1. The third-order valence-corrected chi connectivity index (χ3v) is 7.62. The molecule has 2 amide bonds. The maximum atomic E-state index is 13.1. The third-order valence-electron chi connectivity index (χ3n) is 5.96. The quantitative estimate of drug-likeness (QED) is 0.336. The number of nitrogens with zero attached hydrogens (tertiary/aromatic N) is 3. The zero-order chi connectivity index (χ0) is 25.3. The molecular formula is C24H22F3N3O3S2. The lowest BCUT2D eigenvalue weighted by Gasteiger charge is -2.37. The lowest BCUT2D eigenvalue weighted by atomic mass is 10.1. The van der Waals surface area contributed by atoms with E-state index in [-0.39, 0.29) is 17.9 Å². The number of Topliss-reactive ketones (excluding diaryl/α,β-unsaturated/α-hetero) is 1. The first-order valence-corrected chi connectivity index (χ1v) is 12.2. The van der Waals surface area contributed by atoms with Gasteiger partial charge in [0, 0.05) is 43.9 Å². The maximum absolute atomic E-state index is 13.1. The Hall–Kier alpha value is -2.92. The van der Waals surface area contributed by atoms with Gasteiger partial charge in [-0.15, -0.1) is 0 Å². The van der Waals surface area contributed by atoms with Gasteiger partial charge in [-0.05, 0) is 49.4 Å². The van der Waals surface area contributed by atoms with Crippen molar-refractivity contribution in [1.29, 1.82) is 0 Å². The van der Waals surface area contributed by atoms with Crippen molar-refractivity contribution in [2.24, 2.45) is 0 Å². The Morgan fingerprint density at radius 2 is 1.66 bits per heavy atom. The van der Waals surface area contributed by atoms with Crippen LogP contribution in [0.25, 0.3) is 0 Å². The standard InChI is InChI=1S/C24H22F3N3O3S2/c1-15(31)16-5-7-18(8-6-16)28-9-11-29(12-10-28)23(34)35-20-14-21(32)30(22(20)33)19-4-2-3-17(13-19)24(25,26)27/h2-8,13,20H,9-12,14H2,1H3. The van der Waals surface area contributed by atoms with Crippen LogP contribution in [-0.4, -0.2) is 58.2 Å². The maximum Gasteiger partial charge on any atom is 0.416 e. The first-order valence-electron chi connectivity index (χ1n) is 10.9. The van der Waals surface area contributed by atoms with Gasteiger partial charge in [-0.1, -0.05) is 30.0 Å². The van der Waals surface area contributed by atoms with Crippen LogP contribution in [0.4, 0.5) is 24.5 Å². The number of hydrogen-bond acceptors (Lipinski definition) is 6. The van der Waals surface area contributed by atoms with Gasteiger partial charge >= 0.3 is 6.18 Å². The van der Waals surface area contributed by atoms with Gasteiger partial charge in [0.2, 0.25) is 11.8 Å². The summed E-state index contributed by atoms with van der Waals surface area (Å²) in [6.07, 6.45) is -4.70. The van der Waals surface area contributed by atoms with E-state index in [0.29, 0.717) is 36.1 Å². The summed E-state index contributed by atoms with van der Waals surface area (Å²) in [6.45, 7) is 4.13. The van der Waals surface area contributed by atoms with Gasteiger partial charge in [0.15, 0.2) is 5.78 Å². The van der Waals surface area contributed by atoms with Crippen LogP contribution in [0.3, 0.4) is 0 Å². The molecule has 0 saturated carbocycles. The number of ketones is 1. The fourth-order valence-electron chi connectivity index (χ4n) is 4.04. The van der Waals surface area contributed by atoms with Crippen LogP contribution < -0.4 is 9.80 Å². The summed E-state index contributed by atoms with van der Waals surface area (Å²) >= 11 is 6.63. The number of anilines is 2. The summed E-state index contributed by atoms with van der Waals surface area (Å²) in [5.74, 6) is -1.10. The van der Waals surface area contributed by atoms with Crippen molar-refractivity contribution in [2.75, 3.05) is 36.0 Å². The molecule has 1 atom stereocenters. The molecule has 6 nitrogen and oxygen atoms in total. The molecule has 35 heavy (non-hydrogen) atoms. The molecule has 2 aromatic carbocycles. The Bertz CT molecular complexity index is 1160. The molecule has 4 rings (SSSR count). The van der Waals surface area contributed by atoms with Gasteiger partial charge in [0.1, 0.15) is 9.57 Å². The lowest BCUT2D eigenvalue weighted by Crippen LogP contribution is -2.48. The molecule has 11 heteroatoms. The Morgan fingerprint density at radius 1 is 1.00 bits per heavy atom. The zero-order valence-corrected chi connectivity index (χ0v) is 20.4. The molecule has 2 heterocycles. The number of imide groups is 1. The third kappa shape index (κ3) is 5.51. The van der Waals surface area contributed by atoms with Crippen LogP contribution >= 0.6 is 24.0 Å². The van der Waals surface area contributed by atoms with Crippen LogP contribution in [0.5, 0.6) is 0 Å². The second-order valence-corrected chi connectivity index (χ2v) is 10.1. The molecule has 0 N–H and O–H groups in total. The molecule has 2 saturated heterocycles. The van der Waals surface area contributed by atoms with Gasteiger partial charge in [0.25, 0.3) is 0 Å². The predicted molar refractivity (Wildman–Crippen MR) is 133 cm³/mol. The summed E-state index contributed by atoms with van der Waals surface area (Å²) in [7, 11) is 0. The van der Waals surface area contributed by atoms with Crippen LogP contribution in [0.15, 0.2) is 48.5 Å². The monoisotopic (exact) mass is 521 g/mol. The van der Waals surface area contributed by atoms with E-state index in [9.17, 15) is 27.6 Å². The molecule has 0 spiro atoms. The van der Waals surface area contributed by atoms with E-state index in [2.05, 4.69) is 4.90 Å². The molecule has 0 aliphatic carbocycles. The van der Waals surface area contributed by atoms with Crippen molar-refractivity contribution in [3.05, 3.63) is 59.7 Å². The number of thioether (sulfide) groups is 1. The first-order chi connectivity index (χ1) is 16.5. The van der Waals surface area contributed by atoms with E-state index < -0.39 is 28.8 Å². The highest BCUT2D eigenvalue weighted by molar-refractivity contribution is 8.23. The molecule has 0 bridgehead atoms. The predicted octanol–water partition coefficient (Wildman–Crippen LogP) is 4.38. The summed E-state index contributed by atoms with van der Waals surface area (Å²) in [4.78, 5) is 41.8. The molecule has 1 unspecified atom stereocenters. The summed E-state index contributed by atoms with van der Waals surface area (Å²) in [5.41, 5.74) is 0.644. The van der Waals surface area contributed by atoms with Crippen molar-refractivity contribution in [3.8, 4) is 0 Å². The molecule has 2 fully saturated rings. The second-order valence-electron chi connectivity index (χ2n) is 8.27. The Labute approximate surface area is 210 Å². The van der Waals surface area contributed by atoms with Crippen molar-refractivity contribution < 1.29 is 27.6 Å². The average molecular weight is 522 g/mol. The van der Waals surface area contributed by atoms with Crippen LogP contribution in [0.1, 0.15) is 29.3 Å². The number of piperazine rings is 1. The SMILES string of the molecule is CC(=O)c1ccc(N2CCN(C(=S)SC3CC(=O)N(c4cccc(C(F)(F)F)c4)C3=O)CC2)cc1. The molecule has 184 valence electrons. The van der Waals surface area contributed by atoms with Gasteiger partial charge in [-0.3, -0.25) is 14.4 Å². The highest BCUT2D eigenvalue weighted by atomic mass is 32.2. The fraction of sp³-hybridized carbons (Fsp3) is 0.333. The van der Waals surface area contributed by atoms with E-state index in [0.717, 1.165) is 34.5 Å². The number of carbonyl (C=O) groups excluding carboxylic acids is 3. The number of carbonyl (C=O) groups is 3. The van der Waals surface area contributed by atoms with Crippen molar-refractivity contribution >= 4 is 57.3 Å². The molecule has 2 aromatic rings. The van der Waals surface area contributed by atoms with E-state index in [4.69, 9.17) is 12.2 Å². The number of halogens is 3. The van der Waals surface area contributed by atoms with Crippen molar-refractivity contribution in [1.82, 2.24) is 4.90 Å². The Kier molecular flexibility index (Phi) is 7.18. The minimum absolute atomic E-state index is 0.00954. The topological polar surface area (TPSA) is 60.9 Å². The first kappa shape index (κ1) is 25.2. The number of rotatable bonds is 4. The molecule has 0 radical (unpaired) electrons. The summed E-state index contributed by atoms with van der Waals surface area (Å²) < 4.78 is 39.7. The van der Waals surface area contributed by atoms with Gasteiger partial charge in [-0.25, -0.2) is 4.90 Å². The average Bonchev–Trinajstić information content (AvgIpc) is 3.11. The van der Waals surface area contributed by atoms with Gasteiger partial charge < -0.3 is 9.80 Å². The smallest absolute Gasteiger partial charge is 0.368 e. The minimum Gasteiger partial charge on any atom is -0.368 e. The second kappa shape index (κ2) is 9.98. The fourth-order valence-corrected chi connectivity index (χ4v) is 5.58. The molecule has 2 aliphatic rings. The van der Waals surface area contributed by atoms with E-state index in [1.807, 2.05) is 17.0 Å². The van der Waals surface area contributed by atoms with Crippen LogP contribution in [0, 0.1) is 0 Å². The van der Waals surface area contributed by atoms with Crippen LogP contribution in [-0.2, 0) is 15.8 Å². The van der Waals surface area contributed by atoms with E-state index >= 15 is 0 Å². The van der Waals surface area contributed by atoms with E-state index in [1.54, 1.807) is 12.1 Å². The molecule has 2 aliphatic heterocycles. The highest BCUT2D eigenvalue weighted by Gasteiger charge is 2.42. The van der Waals surface area contributed by atoms with Crippen molar-refractivity contribution in [2.45, 2.75) is 24.8 Å². The highest BCUT2D eigenvalue weighted by Crippen LogP contribution is 2.35. The molecular weight excluding hydrogens is 499 g/mol. The zero-order valence-electron chi connectivity index (χ0n) is 18.7. The summed E-state index contributed by atoms with van der Waals surface area (Å²) in [6, 6.07) is 11.6. The van der Waals surface area contributed by atoms with Gasteiger partial charge in [-0.2, -0.15) is 13.2 Å². The summed E-state index contributed by atoms with van der Waals surface area (Å²) in [5, 5.41) is -0.776. The number of alkyl halides is 3. The van der Waals surface area contributed by atoms with Crippen molar-refractivity contribution in [3.63, 3.8) is 0 Å². The Balaban J connectivity index is 1.35. The number of amides is 2. The largest absolute Gasteiger partial charge is 0.416 e.